The van der Waals surface area contributed by atoms with Gasteiger partial charge >= 0.3 is 0 Å². The molecule has 2 aromatic rings. The highest BCUT2D eigenvalue weighted by Gasteiger charge is 2.12. The molecule has 0 radical (unpaired) electrons. The fraction of sp³-hybridized carbons (Fsp3) is 0.200. The Morgan fingerprint density at radius 1 is 1.21 bits per heavy atom. The zero-order chi connectivity index (χ0) is 13.8. The van der Waals surface area contributed by atoms with Crippen LogP contribution in [0.5, 0.6) is 0 Å². The molecule has 0 amide bonds. The van der Waals surface area contributed by atoms with E-state index in [-0.39, 0.29) is 5.82 Å². The lowest BCUT2D eigenvalue weighted by Crippen LogP contribution is -2.12. The number of benzene rings is 2. The molecule has 1 N–H and O–H groups in total. The molecular formula is C15H14BrClFN. The van der Waals surface area contributed by atoms with Gasteiger partial charge in [0.15, 0.2) is 0 Å². The molecule has 4 heteroatoms. The standard InChI is InChI=1S/C15H14BrClFN/c1-2-19-9-10-6-7-11(17)8-13(10)12-4-3-5-14(16)15(12)18/h3-8,19H,2,9H2,1H3. The van der Waals surface area contributed by atoms with Crippen LogP contribution in [0.25, 0.3) is 11.1 Å². The van der Waals surface area contributed by atoms with E-state index in [1.807, 2.05) is 25.1 Å². The van der Waals surface area contributed by atoms with Crippen molar-refractivity contribution < 1.29 is 4.39 Å². The van der Waals surface area contributed by atoms with Gasteiger partial charge in [0.2, 0.25) is 0 Å². The van der Waals surface area contributed by atoms with Crippen LogP contribution in [0.4, 0.5) is 4.39 Å². The molecule has 2 rings (SSSR count). The van der Waals surface area contributed by atoms with E-state index in [4.69, 9.17) is 11.6 Å². The lowest BCUT2D eigenvalue weighted by Gasteiger charge is -2.12. The predicted octanol–water partition coefficient (Wildman–Crippen LogP) is 5.02. The molecule has 0 aliphatic heterocycles. The van der Waals surface area contributed by atoms with E-state index in [0.717, 1.165) is 17.7 Å². The fourth-order valence-corrected chi connectivity index (χ4v) is 2.46. The highest BCUT2D eigenvalue weighted by Crippen LogP contribution is 2.32. The van der Waals surface area contributed by atoms with Crippen molar-refractivity contribution in [2.45, 2.75) is 13.5 Å². The maximum absolute atomic E-state index is 14.2. The Balaban J connectivity index is 2.53. The van der Waals surface area contributed by atoms with E-state index >= 15 is 0 Å². The molecule has 0 atom stereocenters. The zero-order valence-electron chi connectivity index (χ0n) is 10.5. The Kier molecular flexibility index (Phi) is 4.97. The van der Waals surface area contributed by atoms with Gasteiger partial charge in [0, 0.05) is 17.1 Å². The van der Waals surface area contributed by atoms with Gasteiger partial charge in [0.1, 0.15) is 5.82 Å². The van der Waals surface area contributed by atoms with Crippen LogP contribution >= 0.6 is 27.5 Å². The third-order valence-electron chi connectivity index (χ3n) is 2.88. The van der Waals surface area contributed by atoms with Crippen LogP contribution in [-0.2, 0) is 6.54 Å². The van der Waals surface area contributed by atoms with Gasteiger partial charge in [-0.25, -0.2) is 4.39 Å². The van der Waals surface area contributed by atoms with Crippen molar-refractivity contribution in [1.82, 2.24) is 5.32 Å². The summed E-state index contributed by atoms with van der Waals surface area (Å²) < 4.78 is 14.7. The second-order valence-corrected chi connectivity index (χ2v) is 5.47. The minimum atomic E-state index is -0.262. The van der Waals surface area contributed by atoms with Crippen molar-refractivity contribution in [3.05, 3.63) is 57.3 Å². The summed E-state index contributed by atoms with van der Waals surface area (Å²) >= 11 is 9.25. The van der Waals surface area contributed by atoms with E-state index in [1.165, 1.54) is 0 Å². The van der Waals surface area contributed by atoms with Crippen molar-refractivity contribution >= 4 is 27.5 Å². The summed E-state index contributed by atoms with van der Waals surface area (Å²) in [5.74, 6) is -0.262. The number of hydrogen-bond acceptors (Lipinski definition) is 1. The Hall–Kier alpha value is -0.900. The Morgan fingerprint density at radius 2 is 2.00 bits per heavy atom. The Labute approximate surface area is 125 Å². The number of rotatable bonds is 4. The van der Waals surface area contributed by atoms with Crippen molar-refractivity contribution in [3.8, 4) is 11.1 Å². The first-order valence-corrected chi connectivity index (χ1v) is 7.24. The molecule has 0 saturated heterocycles. The third-order valence-corrected chi connectivity index (χ3v) is 3.73. The first-order valence-electron chi connectivity index (χ1n) is 6.07. The molecule has 0 aliphatic carbocycles. The van der Waals surface area contributed by atoms with E-state index < -0.39 is 0 Å². The molecule has 0 aromatic heterocycles. The van der Waals surface area contributed by atoms with Gasteiger partial charge in [0.05, 0.1) is 4.47 Å². The maximum Gasteiger partial charge on any atom is 0.145 e. The molecule has 0 unspecified atom stereocenters. The average Bonchev–Trinajstić information content (AvgIpc) is 2.40. The van der Waals surface area contributed by atoms with Crippen molar-refractivity contribution in [1.29, 1.82) is 0 Å². The van der Waals surface area contributed by atoms with Crippen LogP contribution in [0.1, 0.15) is 12.5 Å². The SMILES string of the molecule is CCNCc1ccc(Cl)cc1-c1cccc(Br)c1F. The van der Waals surface area contributed by atoms with Crippen molar-refractivity contribution in [2.24, 2.45) is 0 Å². The zero-order valence-corrected chi connectivity index (χ0v) is 12.9. The van der Waals surface area contributed by atoms with E-state index in [1.54, 1.807) is 18.2 Å². The highest BCUT2D eigenvalue weighted by molar-refractivity contribution is 9.10. The second kappa shape index (κ2) is 6.51. The van der Waals surface area contributed by atoms with E-state index in [2.05, 4.69) is 21.2 Å². The van der Waals surface area contributed by atoms with Gasteiger partial charge in [-0.2, -0.15) is 0 Å². The number of halogens is 3. The summed E-state index contributed by atoms with van der Waals surface area (Å²) in [7, 11) is 0. The van der Waals surface area contributed by atoms with Crippen molar-refractivity contribution in [3.63, 3.8) is 0 Å². The first kappa shape index (κ1) is 14.5. The maximum atomic E-state index is 14.2. The Bertz CT molecular complexity index is 586. The van der Waals surface area contributed by atoms with Gasteiger partial charge in [-0.05, 0) is 51.8 Å². The molecule has 19 heavy (non-hydrogen) atoms. The molecular weight excluding hydrogens is 329 g/mol. The quantitative estimate of drug-likeness (QED) is 0.823. The molecule has 0 spiro atoms. The van der Waals surface area contributed by atoms with Crippen LogP contribution in [0.15, 0.2) is 40.9 Å². The largest absolute Gasteiger partial charge is 0.313 e. The molecule has 2 aromatic carbocycles. The smallest absolute Gasteiger partial charge is 0.145 e. The minimum absolute atomic E-state index is 0.262. The normalized spacial score (nSPS) is 10.7. The molecule has 0 fully saturated rings. The van der Waals surface area contributed by atoms with Crippen molar-refractivity contribution in [2.75, 3.05) is 6.54 Å². The van der Waals surface area contributed by atoms with Crippen LogP contribution in [0, 0.1) is 5.82 Å². The lowest BCUT2D eigenvalue weighted by molar-refractivity contribution is 0.624. The molecule has 0 heterocycles. The summed E-state index contributed by atoms with van der Waals surface area (Å²) in [6.45, 7) is 3.59. The molecule has 100 valence electrons. The molecule has 0 bridgehead atoms. The van der Waals surface area contributed by atoms with Crippen LogP contribution in [-0.4, -0.2) is 6.54 Å². The first-order chi connectivity index (χ1) is 9.13. The molecule has 0 aliphatic rings. The van der Waals surface area contributed by atoms with E-state index in [9.17, 15) is 4.39 Å². The van der Waals surface area contributed by atoms with E-state index in [0.29, 0.717) is 21.6 Å². The predicted molar refractivity (Wildman–Crippen MR) is 81.9 cm³/mol. The summed E-state index contributed by atoms with van der Waals surface area (Å²) in [6, 6.07) is 10.8. The summed E-state index contributed by atoms with van der Waals surface area (Å²) in [5, 5.41) is 3.86. The van der Waals surface area contributed by atoms with Gasteiger partial charge in [0.25, 0.3) is 0 Å². The summed E-state index contributed by atoms with van der Waals surface area (Å²) in [5.41, 5.74) is 2.42. The number of hydrogen-bond donors (Lipinski definition) is 1. The second-order valence-electron chi connectivity index (χ2n) is 4.18. The Morgan fingerprint density at radius 3 is 2.74 bits per heavy atom. The summed E-state index contributed by atoms with van der Waals surface area (Å²) in [4.78, 5) is 0. The third kappa shape index (κ3) is 3.35. The van der Waals surface area contributed by atoms with Gasteiger partial charge in [-0.3, -0.25) is 0 Å². The van der Waals surface area contributed by atoms with Gasteiger partial charge in [-0.1, -0.05) is 36.7 Å². The van der Waals surface area contributed by atoms with Crippen LogP contribution < -0.4 is 5.32 Å². The molecule has 1 nitrogen and oxygen atoms in total. The number of nitrogens with one attached hydrogen (secondary N) is 1. The molecule has 0 saturated carbocycles. The van der Waals surface area contributed by atoms with Gasteiger partial charge < -0.3 is 5.32 Å². The van der Waals surface area contributed by atoms with Crippen LogP contribution in [0.2, 0.25) is 5.02 Å². The lowest BCUT2D eigenvalue weighted by atomic mass is 9.99. The topological polar surface area (TPSA) is 12.0 Å². The fourth-order valence-electron chi connectivity index (χ4n) is 1.93. The van der Waals surface area contributed by atoms with Crippen LogP contribution in [0.3, 0.4) is 0 Å². The minimum Gasteiger partial charge on any atom is -0.313 e. The monoisotopic (exact) mass is 341 g/mol. The average molecular weight is 343 g/mol. The highest BCUT2D eigenvalue weighted by atomic mass is 79.9. The summed E-state index contributed by atoms with van der Waals surface area (Å²) in [6.07, 6.45) is 0. The van der Waals surface area contributed by atoms with Gasteiger partial charge in [-0.15, -0.1) is 0 Å².